The minimum atomic E-state index is -0.393. The van der Waals surface area contributed by atoms with E-state index in [-0.39, 0.29) is 16.5 Å². The molecule has 0 bridgehead atoms. The summed E-state index contributed by atoms with van der Waals surface area (Å²) in [6.07, 6.45) is 0.727. The van der Waals surface area contributed by atoms with Crippen LogP contribution >= 0.6 is 11.6 Å². The molecule has 0 aliphatic heterocycles. The summed E-state index contributed by atoms with van der Waals surface area (Å²) in [5, 5.41) is 0.143. The fourth-order valence-electron chi connectivity index (χ4n) is 2.12. The van der Waals surface area contributed by atoms with Gasteiger partial charge in [0, 0.05) is 11.5 Å². The van der Waals surface area contributed by atoms with E-state index in [1.165, 1.54) is 6.07 Å². The largest absolute Gasteiger partial charge is 0.326 e. The van der Waals surface area contributed by atoms with Gasteiger partial charge in [-0.3, -0.25) is 0 Å². The molecule has 0 heterocycles. The lowest BCUT2D eigenvalue weighted by atomic mass is 9.78. The van der Waals surface area contributed by atoms with Gasteiger partial charge in [-0.05, 0) is 43.9 Å². The van der Waals surface area contributed by atoms with Gasteiger partial charge in [0.25, 0.3) is 0 Å². The molecule has 1 aromatic carbocycles. The topological polar surface area (TPSA) is 26.0 Å². The fraction of sp³-hybridized carbons (Fsp3) is 0.500. The molecule has 2 N–H and O–H groups in total. The van der Waals surface area contributed by atoms with E-state index in [4.69, 9.17) is 17.3 Å². The van der Waals surface area contributed by atoms with Gasteiger partial charge < -0.3 is 5.73 Å². The third-order valence-electron chi connectivity index (χ3n) is 3.27. The standard InChI is InChI=1S/C16H23ClFN/c1-10(2)11(3)13(9-16(4,5)19)12-6-7-14(17)15(18)8-12/h6-8,10,13H,3,9,19H2,1-2,4-5H3. The minimum Gasteiger partial charge on any atom is -0.326 e. The van der Waals surface area contributed by atoms with Gasteiger partial charge in [0.2, 0.25) is 0 Å². The van der Waals surface area contributed by atoms with Gasteiger partial charge in [-0.2, -0.15) is 0 Å². The Hall–Kier alpha value is -0.860. The smallest absolute Gasteiger partial charge is 0.142 e. The first-order chi connectivity index (χ1) is 8.61. The van der Waals surface area contributed by atoms with Crippen LogP contribution in [0.1, 0.15) is 45.6 Å². The third-order valence-corrected chi connectivity index (χ3v) is 3.57. The molecule has 0 fully saturated rings. The summed E-state index contributed by atoms with van der Waals surface area (Å²) in [7, 11) is 0. The summed E-state index contributed by atoms with van der Waals surface area (Å²) in [5.74, 6) is -0.0200. The van der Waals surface area contributed by atoms with Crippen LogP contribution in [0, 0.1) is 11.7 Å². The zero-order valence-electron chi connectivity index (χ0n) is 12.1. The summed E-state index contributed by atoms with van der Waals surface area (Å²) in [6, 6.07) is 4.94. The molecule has 0 aromatic heterocycles. The van der Waals surface area contributed by atoms with Crippen LogP contribution in [0.2, 0.25) is 5.02 Å². The number of benzene rings is 1. The van der Waals surface area contributed by atoms with Gasteiger partial charge in [-0.15, -0.1) is 0 Å². The molecular weight excluding hydrogens is 261 g/mol. The van der Waals surface area contributed by atoms with Crippen molar-refractivity contribution in [1.29, 1.82) is 0 Å². The fourth-order valence-corrected chi connectivity index (χ4v) is 2.24. The molecule has 19 heavy (non-hydrogen) atoms. The first-order valence-corrected chi connectivity index (χ1v) is 6.92. The van der Waals surface area contributed by atoms with Crippen molar-refractivity contribution in [3.8, 4) is 0 Å². The lowest BCUT2D eigenvalue weighted by molar-refractivity contribution is 0.433. The summed E-state index contributed by atoms with van der Waals surface area (Å²) < 4.78 is 13.6. The lowest BCUT2D eigenvalue weighted by Gasteiger charge is -2.29. The molecule has 0 amide bonds. The Morgan fingerprint density at radius 1 is 1.42 bits per heavy atom. The van der Waals surface area contributed by atoms with Crippen molar-refractivity contribution in [2.75, 3.05) is 0 Å². The second-order valence-corrected chi connectivity index (χ2v) is 6.56. The average molecular weight is 284 g/mol. The maximum atomic E-state index is 13.6. The molecule has 0 saturated carbocycles. The van der Waals surface area contributed by atoms with E-state index in [9.17, 15) is 4.39 Å². The molecule has 0 radical (unpaired) electrons. The Morgan fingerprint density at radius 3 is 2.42 bits per heavy atom. The zero-order valence-corrected chi connectivity index (χ0v) is 12.9. The molecule has 1 aromatic rings. The normalized spacial score (nSPS) is 13.7. The van der Waals surface area contributed by atoms with E-state index < -0.39 is 5.82 Å². The molecule has 1 rings (SSSR count). The van der Waals surface area contributed by atoms with Crippen molar-refractivity contribution in [3.63, 3.8) is 0 Å². The molecule has 1 atom stereocenters. The predicted molar refractivity (Wildman–Crippen MR) is 81.0 cm³/mol. The van der Waals surface area contributed by atoms with Crippen LogP contribution in [-0.2, 0) is 0 Å². The van der Waals surface area contributed by atoms with Crippen molar-refractivity contribution in [3.05, 3.63) is 46.8 Å². The molecule has 0 aliphatic rings. The number of hydrogen-bond donors (Lipinski definition) is 1. The third kappa shape index (κ3) is 4.63. The number of nitrogens with two attached hydrogens (primary N) is 1. The van der Waals surface area contributed by atoms with E-state index in [2.05, 4.69) is 20.4 Å². The molecule has 106 valence electrons. The predicted octanol–water partition coefficient (Wildman–Crippen LogP) is 4.90. The Labute approximate surface area is 120 Å². The highest BCUT2D eigenvalue weighted by molar-refractivity contribution is 6.30. The first kappa shape index (κ1) is 16.2. The molecule has 0 aliphatic carbocycles. The molecule has 0 spiro atoms. The van der Waals surface area contributed by atoms with E-state index in [1.54, 1.807) is 6.07 Å². The highest BCUT2D eigenvalue weighted by Crippen LogP contribution is 2.35. The second-order valence-electron chi connectivity index (χ2n) is 6.15. The van der Waals surface area contributed by atoms with Crippen LogP contribution in [0.3, 0.4) is 0 Å². The average Bonchev–Trinajstić information content (AvgIpc) is 2.27. The van der Waals surface area contributed by atoms with Gasteiger partial charge in [-0.25, -0.2) is 4.39 Å². The van der Waals surface area contributed by atoms with Crippen molar-refractivity contribution >= 4 is 11.6 Å². The van der Waals surface area contributed by atoms with Crippen LogP contribution in [0.25, 0.3) is 0 Å². The highest BCUT2D eigenvalue weighted by atomic mass is 35.5. The summed E-state index contributed by atoms with van der Waals surface area (Å²) in [4.78, 5) is 0. The summed E-state index contributed by atoms with van der Waals surface area (Å²) in [6.45, 7) is 12.3. The SMILES string of the molecule is C=C(C(C)C)C(CC(C)(C)N)c1ccc(Cl)c(F)c1. The Bertz CT molecular complexity index is 460. The minimum absolute atomic E-state index is 0.0479. The zero-order chi connectivity index (χ0) is 14.8. The van der Waals surface area contributed by atoms with Crippen LogP contribution < -0.4 is 5.73 Å². The van der Waals surface area contributed by atoms with E-state index in [1.807, 2.05) is 19.9 Å². The maximum Gasteiger partial charge on any atom is 0.142 e. The maximum absolute atomic E-state index is 13.6. The summed E-state index contributed by atoms with van der Waals surface area (Å²) >= 11 is 5.74. The van der Waals surface area contributed by atoms with E-state index in [0.717, 1.165) is 17.6 Å². The molecule has 1 unspecified atom stereocenters. The lowest BCUT2D eigenvalue weighted by Crippen LogP contribution is -2.34. The van der Waals surface area contributed by atoms with Crippen molar-refractivity contribution < 1.29 is 4.39 Å². The van der Waals surface area contributed by atoms with Crippen molar-refractivity contribution in [1.82, 2.24) is 0 Å². The number of allylic oxidation sites excluding steroid dienone is 1. The van der Waals surface area contributed by atoms with Crippen LogP contribution in [0.15, 0.2) is 30.4 Å². The number of hydrogen-bond acceptors (Lipinski definition) is 1. The van der Waals surface area contributed by atoms with Crippen LogP contribution in [0.4, 0.5) is 4.39 Å². The van der Waals surface area contributed by atoms with Crippen LogP contribution in [-0.4, -0.2) is 5.54 Å². The summed E-state index contributed by atoms with van der Waals surface area (Å²) in [5.41, 5.74) is 7.74. The van der Waals surface area contributed by atoms with Gasteiger partial charge >= 0.3 is 0 Å². The Kier molecular flexibility index (Phi) is 5.17. The van der Waals surface area contributed by atoms with E-state index >= 15 is 0 Å². The molecule has 1 nitrogen and oxygen atoms in total. The van der Waals surface area contributed by atoms with Crippen molar-refractivity contribution in [2.45, 2.75) is 45.6 Å². The highest BCUT2D eigenvalue weighted by Gasteiger charge is 2.24. The number of halogens is 2. The Morgan fingerprint density at radius 2 is 2.00 bits per heavy atom. The number of rotatable bonds is 5. The quantitative estimate of drug-likeness (QED) is 0.764. The van der Waals surface area contributed by atoms with Crippen LogP contribution in [0.5, 0.6) is 0 Å². The second kappa shape index (κ2) is 6.06. The monoisotopic (exact) mass is 283 g/mol. The molecular formula is C16H23ClFN. The molecule has 3 heteroatoms. The Balaban J connectivity index is 3.15. The van der Waals surface area contributed by atoms with Gasteiger partial charge in [0.1, 0.15) is 5.82 Å². The van der Waals surface area contributed by atoms with Gasteiger partial charge in [0.15, 0.2) is 0 Å². The first-order valence-electron chi connectivity index (χ1n) is 6.54. The van der Waals surface area contributed by atoms with Gasteiger partial charge in [0.05, 0.1) is 5.02 Å². The van der Waals surface area contributed by atoms with Crippen molar-refractivity contribution in [2.24, 2.45) is 11.7 Å². The molecule has 0 saturated heterocycles. The van der Waals surface area contributed by atoms with E-state index in [0.29, 0.717) is 5.92 Å². The van der Waals surface area contributed by atoms with Gasteiger partial charge in [-0.1, -0.05) is 43.7 Å².